The van der Waals surface area contributed by atoms with Crippen LogP contribution in [0.1, 0.15) is 50.5 Å². The second kappa shape index (κ2) is 13.5. The number of hydrogen-bond acceptors (Lipinski definition) is 3. The Morgan fingerprint density at radius 3 is 1.74 bits per heavy atom. The van der Waals surface area contributed by atoms with Gasteiger partial charge in [-0.05, 0) is 79.1 Å². The molecule has 1 N–H and O–H groups in total. The molecule has 6 rings (SSSR count). The van der Waals surface area contributed by atoms with Crippen LogP contribution in [-0.2, 0) is 17.6 Å². The topological polar surface area (TPSA) is 38.7 Å². The van der Waals surface area contributed by atoms with Gasteiger partial charge in [-0.15, -0.1) is 0 Å². The largest absolute Gasteiger partial charge is 0.489 e. The Kier molecular flexibility index (Phi) is 9.23. The van der Waals surface area contributed by atoms with E-state index in [2.05, 4.69) is 136 Å². The Morgan fingerprint density at radius 1 is 0.652 bits per heavy atom. The second-order valence-corrected chi connectivity index (χ2v) is 17.3. The molecule has 0 saturated heterocycles. The summed E-state index contributed by atoms with van der Waals surface area (Å²) in [6, 6.07) is 50.5. The van der Waals surface area contributed by atoms with E-state index in [1.165, 1.54) is 10.4 Å². The van der Waals surface area contributed by atoms with Crippen molar-refractivity contribution in [3.05, 3.63) is 162 Å². The average molecular weight is 623 g/mol. The minimum atomic E-state index is -2.82. The van der Waals surface area contributed by atoms with Crippen LogP contribution in [0, 0.1) is 0 Å². The molecule has 1 unspecified atom stereocenters. The highest BCUT2D eigenvalue weighted by atomic mass is 28.4. The SMILES string of the molecule is CC(O)c1c(CO[Si](c2ccccc2)(c2ccccc2)C(C)(C)C)cc2cc(OCc3ccccc3)ccc2c1-c1ccccc1. The fourth-order valence-corrected chi connectivity index (χ4v) is 11.3. The summed E-state index contributed by atoms with van der Waals surface area (Å²) in [5.41, 5.74) is 5.10. The van der Waals surface area contributed by atoms with Gasteiger partial charge in [0.05, 0.1) is 12.7 Å². The van der Waals surface area contributed by atoms with Crippen LogP contribution in [0.5, 0.6) is 5.75 Å². The maximum absolute atomic E-state index is 11.4. The van der Waals surface area contributed by atoms with Crippen molar-refractivity contribution < 1.29 is 14.3 Å². The molecule has 3 nitrogen and oxygen atoms in total. The first-order valence-electron chi connectivity index (χ1n) is 16.0. The molecule has 4 heteroatoms. The molecule has 232 valence electrons. The molecule has 0 aromatic heterocycles. The zero-order chi connectivity index (χ0) is 32.1. The number of hydrogen-bond donors (Lipinski definition) is 1. The average Bonchev–Trinajstić information content (AvgIpc) is 3.08. The monoisotopic (exact) mass is 622 g/mol. The third-order valence-corrected chi connectivity index (χ3v) is 13.8. The Balaban J connectivity index is 1.51. The molecular weight excluding hydrogens is 581 g/mol. The van der Waals surface area contributed by atoms with Crippen LogP contribution in [-0.4, -0.2) is 13.4 Å². The van der Waals surface area contributed by atoms with Crippen molar-refractivity contribution in [2.24, 2.45) is 0 Å². The van der Waals surface area contributed by atoms with E-state index in [0.29, 0.717) is 13.2 Å². The van der Waals surface area contributed by atoms with Gasteiger partial charge in [0.1, 0.15) is 12.4 Å². The Labute approximate surface area is 274 Å². The first-order valence-corrected chi connectivity index (χ1v) is 17.9. The summed E-state index contributed by atoms with van der Waals surface area (Å²) in [6.45, 7) is 9.59. The quantitative estimate of drug-likeness (QED) is 0.155. The van der Waals surface area contributed by atoms with Gasteiger partial charge < -0.3 is 14.3 Å². The first kappa shape index (κ1) is 31.5. The van der Waals surface area contributed by atoms with E-state index >= 15 is 0 Å². The van der Waals surface area contributed by atoms with Crippen LogP contribution in [0.4, 0.5) is 0 Å². The molecule has 1 atom stereocenters. The van der Waals surface area contributed by atoms with E-state index in [1.54, 1.807) is 0 Å². The standard InChI is InChI=1S/C42H42O3Si/c1-31(43)40-35(30-45-46(42(2,3)4,37-21-13-7-14-22-37)38-23-15-8-16-24-38)27-34-28-36(44-29-32-17-9-5-10-18-32)25-26-39(34)41(40)33-19-11-6-12-20-33/h5-28,31,43H,29-30H2,1-4H3. The van der Waals surface area contributed by atoms with Gasteiger partial charge in [0, 0.05) is 0 Å². The van der Waals surface area contributed by atoms with E-state index in [1.807, 2.05) is 37.3 Å². The molecule has 6 aromatic carbocycles. The molecule has 0 saturated carbocycles. The smallest absolute Gasteiger partial charge is 0.261 e. The molecule has 0 fully saturated rings. The highest BCUT2D eigenvalue weighted by Gasteiger charge is 2.50. The summed E-state index contributed by atoms with van der Waals surface area (Å²) >= 11 is 0. The number of aliphatic hydroxyl groups is 1. The number of aliphatic hydroxyl groups excluding tert-OH is 1. The third-order valence-electron chi connectivity index (χ3n) is 8.83. The van der Waals surface area contributed by atoms with E-state index in [4.69, 9.17) is 9.16 Å². The number of ether oxygens (including phenoxy) is 1. The summed E-state index contributed by atoms with van der Waals surface area (Å²) in [7, 11) is -2.82. The third kappa shape index (κ3) is 6.29. The van der Waals surface area contributed by atoms with E-state index in [0.717, 1.165) is 44.3 Å². The summed E-state index contributed by atoms with van der Waals surface area (Å²) in [6.07, 6.45) is -0.702. The van der Waals surface area contributed by atoms with Crippen LogP contribution in [0.25, 0.3) is 21.9 Å². The molecule has 0 radical (unpaired) electrons. The van der Waals surface area contributed by atoms with Crippen molar-refractivity contribution >= 4 is 29.5 Å². The molecule has 0 aliphatic carbocycles. The lowest BCUT2D eigenvalue weighted by atomic mass is 9.87. The van der Waals surface area contributed by atoms with Crippen LogP contribution in [0.3, 0.4) is 0 Å². The molecule has 0 bridgehead atoms. The molecule has 0 heterocycles. The molecular formula is C42H42O3Si. The summed E-state index contributed by atoms with van der Waals surface area (Å²) in [4.78, 5) is 0. The Hall–Kier alpha value is -4.48. The lowest BCUT2D eigenvalue weighted by Crippen LogP contribution is -2.66. The van der Waals surface area contributed by atoms with E-state index in [9.17, 15) is 5.11 Å². The van der Waals surface area contributed by atoms with Crippen LogP contribution in [0.15, 0.2) is 146 Å². The van der Waals surface area contributed by atoms with Gasteiger partial charge in [-0.1, -0.05) is 148 Å². The van der Waals surface area contributed by atoms with E-state index in [-0.39, 0.29) is 5.04 Å². The van der Waals surface area contributed by atoms with Crippen molar-refractivity contribution in [3.63, 3.8) is 0 Å². The Morgan fingerprint density at radius 2 is 1.20 bits per heavy atom. The predicted octanol–water partition coefficient (Wildman–Crippen LogP) is 9.22. The first-order chi connectivity index (χ1) is 22.3. The maximum atomic E-state index is 11.4. The minimum Gasteiger partial charge on any atom is -0.489 e. The van der Waals surface area contributed by atoms with Gasteiger partial charge >= 0.3 is 0 Å². The minimum absolute atomic E-state index is 0.168. The zero-order valence-corrected chi connectivity index (χ0v) is 28.1. The molecule has 46 heavy (non-hydrogen) atoms. The lowest BCUT2D eigenvalue weighted by Gasteiger charge is -2.43. The molecule has 0 aliphatic rings. The summed E-state index contributed by atoms with van der Waals surface area (Å²) in [5.74, 6) is 0.805. The van der Waals surface area contributed by atoms with Crippen molar-refractivity contribution in [3.8, 4) is 16.9 Å². The van der Waals surface area contributed by atoms with E-state index < -0.39 is 14.4 Å². The number of benzene rings is 6. The normalized spacial score (nSPS) is 12.6. The predicted molar refractivity (Wildman–Crippen MR) is 193 cm³/mol. The van der Waals surface area contributed by atoms with Crippen molar-refractivity contribution in [1.29, 1.82) is 0 Å². The lowest BCUT2D eigenvalue weighted by molar-refractivity contribution is 0.195. The Bertz CT molecular complexity index is 1840. The van der Waals surface area contributed by atoms with Gasteiger partial charge in [-0.25, -0.2) is 0 Å². The van der Waals surface area contributed by atoms with Crippen molar-refractivity contribution in [2.45, 2.75) is 52.1 Å². The fourth-order valence-electron chi connectivity index (χ4n) is 6.75. The maximum Gasteiger partial charge on any atom is 0.261 e. The number of fused-ring (bicyclic) bond motifs is 1. The van der Waals surface area contributed by atoms with Gasteiger partial charge in [0.2, 0.25) is 0 Å². The molecule has 0 spiro atoms. The van der Waals surface area contributed by atoms with Gasteiger partial charge in [-0.2, -0.15) is 0 Å². The molecule has 6 aromatic rings. The number of rotatable bonds is 10. The van der Waals surface area contributed by atoms with Gasteiger partial charge in [0.25, 0.3) is 8.32 Å². The summed E-state index contributed by atoms with van der Waals surface area (Å²) in [5, 5.41) is 15.8. The highest BCUT2D eigenvalue weighted by Crippen LogP contribution is 2.42. The van der Waals surface area contributed by atoms with Gasteiger partial charge in [-0.3, -0.25) is 0 Å². The van der Waals surface area contributed by atoms with Crippen molar-refractivity contribution in [2.75, 3.05) is 0 Å². The van der Waals surface area contributed by atoms with Crippen LogP contribution < -0.4 is 15.1 Å². The highest BCUT2D eigenvalue weighted by molar-refractivity contribution is 6.99. The van der Waals surface area contributed by atoms with Gasteiger partial charge in [0.15, 0.2) is 0 Å². The summed E-state index contributed by atoms with van der Waals surface area (Å²) < 4.78 is 13.7. The zero-order valence-electron chi connectivity index (χ0n) is 27.1. The van der Waals surface area contributed by atoms with Crippen LogP contribution in [0.2, 0.25) is 5.04 Å². The second-order valence-electron chi connectivity index (χ2n) is 13.0. The molecule has 0 amide bonds. The fraction of sp³-hybridized carbons (Fsp3) is 0.190. The van der Waals surface area contributed by atoms with Crippen LogP contribution >= 0.6 is 0 Å². The molecule has 0 aliphatic heterocycles. The van der Waals surface area contributed by atoms with Crippen molar-refractivity contribution in [1.82, 2.24) is 0 Å².